The van der Waals surface area contributed by atoms with Gasteiger partial charge >= 0.3 is 6.18 Å². The van der Waals surface area contributed by atoms with Crippen LogP contribution in [0.5, 0.6) is 0 Å². The number of likely N-dealkylation sites (N-methyl/N-ethyl adjacent to an activating group) is 1. The Morgan fingerprint density at radius 1 is 1.21 bits per heavy atom. The van der Waals surface area contributed by atoms with Crippen LogP contribution >= 0.6 is 0 Å². The molecule has 0 bridgehead atoms. The molecule has 1 amide bonds. The van der Waals surface area contributed by atoms with Gasteiger partial charge in [-0.15, -0.1) is 0 Å². The molecule has 2 fully saturated rings. The summed E-state index contributed by atoms with van der Waals surface area (Å²) in [5, 5.41) is 0. The molecule has 3 rings (SSSR count). The number of fused-ring (bicyclic) bond motifs is 1. The van der Waals surface area contributed by atoms with Crippen LogP contribution in [0, 0.1) is 17.8 Å². The molecule has 7 heteroatoms. The van der Waals surface area contributed by atoms with Crippen LogP contribution in [0.4, 0.5) is 13.2 Å². The van der Waals surface area contributed by atoms with Gasteiger partial charge in [-0.2, -0.15) is 13.2 Å². The number of carbonyl (C=O) groups is 1. The second-order valence-corrected chi connectivity index (χ2v) is 8.68. The fourth-order valence-electron chi connectivity index (χ4n) is 4.68. The van der Waals surface area contributed by atoms with E-state index in [1.165, 1.54) is 0 Å². The van der Waals surface area contributed by atoms with Crippen molar-refractivity contribution < 1.29 is 18.0 Å². The smallest absolute Gasteiger partial charge is 0.341 e. The standard InChI is InChI=1S/C21H30F3N3O/c1-13(2)19(25)20(28)26(3)18-9-6-15-11-27(12-17(15)18)10-14-4-7-16(8-5-14)21(22,23)24/h4-5,7-8,13,15,17-19H,6,9-12,25H2,1-3H3/t15-,17+,18+,19-/m0/s1. The molecule has 0 aromatic heterocycles. The first-order chi connectivity index (χ1) is 13.1. The molecule has 2 N–H and O–H groups in total. The van der Waals surface area contributed by atoms with Crippen molar-refractivity contribution >= 4 is 5.91 Å². The zero-order chi connectivity index (χ0) is 20.6. The van der Waals surface area contributed by atoms with Crippen LogP contribution in [0.3, 0.4) is 0 Å². The minimum atomic E-state index is -4.30. The number of likely N-dealkylation sites (tertiary alicyclic amines) is 1. The van der Waals surface area contributed by atoms with Crippen LogP contribution in [-0.4, -0.2) is 47.9 Å². The van der Waals surface area contributed by atoms with Crippen LogP contribution < -0.4 is 5.73 Å². The molecule has 1 saturated carbocycles. The quantitative estimate of drug-likeness (QED) is 0.829. The number of nitrogens with zero attached hydrogens (tertiary/aromatic N) is 2. The summed E-state index contributed by atoms with van der Waals surface area (Å²) in [6, 6.07) is 5.13. The first kappa shape index (κ1) is 21.1. The van der Waals surface area contributed by atoms with E-state index in [1.807, 2.05) is 25.8 Å². The van der Waals surface area contributed by atoms with Gasteiger partial charge in [-0.25, -0.2) is 0 Å². The lowest BCUT2D eigenvalue weighted by Crippen LogP contribution is -2.50. The lowest BCUT2D eigenvalue weighted by atomic mass is 9.95. The fourth-order valence-corrected chi connectivity index (χ4v) is 4.68. The monoisotopic (exact) mass is 397 g/mol. The molecule has 156 valence electrons. The van der Waals surface area contributed by atoms with E-state index in [0.717, 1.165) is 43.6 Å². The highest BCUT2D eigenvalue weighted by atomic mass is 19.4. The van der Waals surface area contributed by atoms with Crippen molar-refractivity contribution in [2.45, 2.75) is 51.5 Å². The number of halogens is 3. The lowest BCUT2D eigenvalue weighted by Gasteiger charge is -2.32. The third-order valence-corrected chi connectivity index (χ3v) is 6.43. The first-order valence-corrected chi connectivity index (χ1v) is 9.98. The van der Waals surface area contributed by atoms with Crippen LogP contribution in [0.2, 0.25) is 0 Å². The minimum absolute atomic E-state index is 0.00170. The van der Waals surface area contributed by atoms with Crippen molar-refractivity contribution in [3.05, 3.63) is 35.4 Å². The lowest BCUT2D eigenvalue weighted by molar-refractivity contribution is -0.137. The van der Waals surface area contributed by atoms with Gasteiger partial charge in [-0.05, 0) is 48.3 Å². The molecule has 28 heavy (non-hydrogen) atoms. The minimum Gasteiger partial charge on any atom is -0.341 e. The highest BCUT2D eigenvalue weighted by molar-refractivity contribution is 5.82. The summed E-state index contributed by atoms with van der Waals surface area (Å²) < 4.78 is 38.2. The molecule has 0 radical (unpaired) electrons. The van der Waals surface area contributed by atoms with E-state index in [2.05, 4.69) is 4.90 Å². The van der Waals surface area contributed by atoms with Gasteiger partial charge in [0.1, 0.15) is 0 Å². The van der Waals surface area contributed by atoms with Crippen molar-refractivity contribution in [1.82, 2.24) is 9.80 Å². The molecule has 1 aromatic carbocycles. The molecule has 4 atom stereocenters. The fraction of sp³-hybridized carbons (Fsp3) is 0.667. The van der Waals surface area contributed by atoms with Crippen molar-refractivity contribution in [2.75, 3.05) is 20.1 Å². The molecule has 1 aromatic rings. The Hall–Kier alpha value is -1.60. The van der Waals surface area contributed by atoms with Crippen molar-refractivity contribution in [3.8, 4) is 0 Å². The maximum atomic E-state index is 12.7. The average Bonchev–Trinajstić information content (AvgIpc) is 3.19. The second-order valence-electron chi connectivity index (χ2n) is 8.68. The Balaban J connectivity index is 1.60. The normalized spacial score (nSPS) is 26.5. The topological polar surface area (TPSA) is 49.6 Å². The second kappa shape index (κ2) is 8.03. The molecule has 0 unspecified atom stereocenters. The zero-order valence-corrected chi connectivity index (χ0v) is 16.7. The van der Waals surface area contributed by atoms with E-state index in [1.54, 1.807) is 12.1 Å². The highest BCUT2D eigenvalue weighted by Gasteiger charge is 2.45. The predicted molar refractivity (Wildman–Crippen MR) is 102 cm³/mol. The number of carbonyl (C=O) groups excluding carboxylic acids is 1. The third kappa shape index (κ3) is 4.35. The van der Waals surface area contributed by atoms with Crippen molar-refractivity contribution in [1.29, 1.82) is 0 Å². The summed E-state index contributed by atoms with van der Waals surface area (Å²) >= 11 is 0. The SMILES string of the molecule is CC(C)[C@H](N)C(=O)N(C)[C@@H]1CC[C@H]2CN(Cc3ccc(C(F)(F)F)cc3)C[C@H]21. The molecule has 4 nitrogen and oxygen atoms in total. The average molecular weight is 397 g/mol. The number of benzene rings is 1. The van der Waals surface area contributed by atoms with Crippen LogP contribution in [0.1, 0.15) is 37.8 Å². The Bertz CT molecular complexity index is 689. The first-order valence-electron chi connectivity index (χ1n) is 9.98. The molecule has 1 aliphatic heterocycles. The van der Waals surface area contributed by atoms with Gasteiger partial charge in [0.05, 0.1) is 11.6 Å². The number of rotatable bonds is 5. The van der Waals surface area contributed by atoms with Crippen LogP contribution in [0.25, 0.3) is 0 Å². The molecule has 1 aliphatic carbocycles. The van der Waals surface area contributed by atoms with Gasteiger partial charge in [0, 0.05) is 32.7 Å². The highest BCUT2D eigenvalue weighted by Crippen LogP contribution is 2.41. The van der Waals surface area contributed by atoms with E-state index in [9.17, 15) is 18.0 Å². The van der Waals surface area contributed by atoms with Gasteiger partial charge in [-0.1, -0.05) is 26.0 Å². The van der Waals surface area contributed by atoms with Gasteiger partial charge in [0.2, 0.25) is 5.91 Å². The summed E-state index contributed by atoms with van der Waals surface area (Å²) in [6.45, 7) is 6.34. The van der Waals surface area contributed by atoms with E-state index in [-0.39, 0.29) is 17.9 Å². The largest absolute Gasteiger partial charge is 0.416 e. The molecule has 0 spiro atoms. The van der Waals surface area contributed by atoms with Gasteiger partial charge in [0.25, 0.3) is 0 Å². The summed E-state index contributed by atoms with van der Waals surface area (Å²) in [5.74, 6) is 1.04. The van der Waals surface area contributed by atoms with Gasteiger partial charge < -0.3 is 10.6 Å². The van der Waals surface area contributed by atoms with E-state index < -0.39 is 17.8 Å². The maximum absolute atomic E-state index is 12.7. The number of hydrogen-bond donors (Lipinski definition) is 1. The Morgan fingerprint density at radius 2 is 1.86 bits per heavy atom. The van der Waals surface area contributed by atoms with E-state index in [0.29, 0.717) is 18.4 Å². The summed E-state index contributed by atoms with van der Waals surface area (Å²) in [4.78, 5) is 16.8. The Labute approximate surface area is 164 Å². The molecule has 1 saturated heterocycles. The van der Waals surface area contributed by atoms with Gasteiger partial charge in [-0.3, -0.25) is 9.69 Å². The van der Waals surface area contributed by atoms with Crippen molar-refractivity contribution in [2.24, 2.45) is 23.5 Å². The van der Waals surface area contributed by atoms with Crippen LogP contribution in [0.15, 0.2) is 24.3 Å². The Kier molecular flexibility index (Phi) is 6.05. The number of hydrogen-bond acceptors (Lipinski definition) is 3. The summed E-state index contributed by atoms with van der Waals surface area (Å²) in [5.41, 5.74) is 6.33. The number of alkyl halides is 3. The number of amides is 1. The van der Waals surface area contributed by atoms with E-state index >= 15 is 0 Å². The molecular formula is C21H30F3N3O. The maximum Gasteiger partial charge on any atom is 0.416 e. The van der Waals surface area contributed by atoms with E-state index in [4.69, 9.17) is 5.73 Å². The van der Waals surface area contributed by atoms with Crippen molar-refractivity contribution in [3.63, 3.8) is 0 Å². The summed E-state index contributed by atoms with van der Waals surface area (Å²) in [6.07, 6.45) is -2.23. The Morgan fingerprint density at radius 3 is 2.43 bits per heavy atom. The zero-order valence-electron chi connectivity index (χ0n) is 16.7. The molecule has 2 aliphatic rings. The molecular weight excluding hydrogens is 367 g/mol. The third-order valence-electron chi connectivity index (χ3n) is 6.43. The number of nitrogens with two attached hydrogens (primary N) is 1. The van der Waals surface area contributed by atoms with Gasteiger partial charge in [0.15, 0.2) is 0 Å². The predicted octanol–water partition coefficient (Wildman–Crippen LogP) is 3.36. The van der Waals surface area contributed by atoms with Crippen LogP contribution in [-0.2, 0) is 17.5 Å². The molecule has 1 heterocycles. The summed E-state index contributed by atoms with van der Waals surface area (Å²) in [7, 11) is 1.86.